The second kappa shape index (κ2) is 3.18. The number of hydrogen-bond donors (Lipinski definition) is 3. The average Bonchev–Trinajstić information content (AvgIpc) is 2.15. The zero-order valence-corrected chi connectivity index (χ0v) is 6.40. The van der Waals surface area contributed by atoms with Gasteiger partial charge in [-0.15, -0.1) is 0 Å². The van der Waals surface area contributed by atoms with E-state index < -0.39 is 0 Å². The molecular formula is C7H11N3O. The fourth-order valence-electron chi connectivity index (χ4n) is 0.873. The monoisotopic (exact) mass is 153 g/mol. The van der Waals surface area contributed by atoms with Crippen molar-refractivity contribution in [3.8, 4) is 0 Å². The molecule has 0 bridgehead atoms. The van der Waals surface area contributed by atoms with Crippen molar-refractivity contribution in [2.24, 2.45) is 0 Å². The van der Waals surface area contributed by atoms with E-state index in [2.05, 4.69) is 10.6 Å². The van der Waals surface area contributed by atoms with Crippen molar-refractivity contribution in [3.63, 3.8) is 0 Å². The Morgan fingerprint density at radius 3 is 2.82 bits per heavy atom. The average molecular weight is 153 g/mol. The summed E-state index contributed by atoms with van der Waals surface area (Å²) in [6.45, 7) is 2.51. The predicted octanol–water partition coefficient (Wildman–Crippen LogP) is -0.371. The molecule has 1 rings (SSSR count). The molecule has 4 nitrogen and oxygen atoms in total. The molecule has 4 heteroatoms. The van der Waals surface area contributed by atoms with E-state index in [1.165, 1.54) is 0 Å². The summed E-state index contributed by atoms with van der Waals surface area (Å²) in [4.78, 5) is 10.8. The van der Waals surface area contributed by atoms with E-state index >= 15 is 0 Å². The molecule has 1 fully saturated rings. The summed E-state index contributed by atoms with van der Waals surface area (Å²) in [5.74, 6) is 0.275. The first-order valence-corrected chi connectivity index (χ1v) is 3.48. The highest BCUT2D eigenvalue weighted by Gasteiger charge is 2.11. The second-order valence-electron chi connectivity index (χ2n) is 2.32. The van der Waals surface area contributed by atoms with Crippen molar-refractivity contribution in [1.82, 2.24) is 10.6 Å². The maximum Gasteiger partial charge on any atom is 0.239 e. The van der Waals surface area contributed by atoms with E-state index in [1.807, 2.05) is 13.0 Å². The Balaban J connectivity index is 2.70. The third kappa shape index (κ3) is 1.80. The number of carbonyl (C=O) groups excluding carboxylic acids is 1. The van der Waals surface area contributed by atoms with Crippen molar-refractivity contribution in [2.75, 3.05) is 13.1 Å². The van der Waals surface area contributed by atoms with Gasteiger partial charge in [0.2, 0.25) is 5.91 Å². The zero-order valence-electron chi connectivity index (χ0n) is 6.40. The summed E-state index contributed by atoms with van der Waals surface area (Å²) < 4.78 is 0. The fraction of sp³-hybridized carbons (Fsp3) is 0.429. The van der Waals surface area contributed by atoms with Crippen LogP contribution in [0.3, 0.4) is 0 Å². The van der Waals surface area contributed by atoms with Crippen LogP contribution < -0.4 is 10.6 Å². The van der Waals surface area contributed by atoms with E-state index in [1.54, 1.807) is 0 Å². The molecule has 0 aromatic carbocycles. The molecule has 1 amide bonds. The fourth-order valence-corrected chi connectivity index (χ4v) is 0.873. The second-order valence-corrected chi connectivity index (χ2v) is 2.32. The van der Waals surface area contributed by atoms with Gasteiger partial charge in [-0.1, -0.05) is 6.08 Å². The molecule has 60 valence electrons. The number of nitrogens with one attached hydrogen (secondary N) is 3. The van der Waals surface area contributed by atoms with Crippen molar-refractivity contribution in [3.05, 3.63) is 11.6 Å². The van der Waals surface area contributed by atoms with Gasteiger partial charge in [0.25, 0.3) is 0 Å². The topological polar surface area (TPSA) is 65.0 Å². The van der Waals surface area contributed by atoms with Crippen LogP contribution in [0.2, 0.25) is 0 Å². The van der Waals surface area contributed by atoms with Crippen molar-refractivity contribution >= 4 is 11.7 Å². The lowest BCUT2D eigenvalue weighted by Crippen LogP contribution is -2.30. The number of carbonyl (C=O) groups is 1. The minimum atomic E-state index is -0.0633. The van der Waals surface area contributed by atoms with Crippen LogP contribution in [0, 0.1) is 5.41 Å². The third-order valence-electron chi connectivity index (χ3n) is 1.57. The predicted molar refractivity (Wildman–Crippen MR) is 42.5 cm³/mol. The smallest absolute Gasteiger partial charge is 0.239 e. The lowest BCUT2D eigenvalue weighted by Gasteiger charge is -2.02. The molecule has 0 aromatic heterocycles. The van der Waals surface area contributed by atoms with Crippen LogP contribution in [-0.2, 0) is 4.79 Å². The highest BCUT2D eigenvalue weighted by Crippen LogP contribution is 1.94. The SMILES string of the molecule is C/C=C1/CNC(=O)CNC1=N. The lowest BCUT2D eigenvalue weighted by atomic mass is 10.2. The first-order chi connectivity index (χ1) is 5.24. The molecule has 3 N–H and O–H groups in total. The van der Waals surface area contributed by atoms with Crippen molar-refractivity contribution in [1.29, 1.82) is 5.41 Å². The normalized spacial score (nSPS) is 22.5. The van der Waals surface area contributed by atoms with E-state index in [-0.39, 0.29) is 12.5 Å². The van der Waals surface area contributed by atoms with Crippen LogP contribution in [-0.4, -0.2) is 24.8 Å². The van der Waals surface area contributed by atoms with Gasteiger partial charge in [-0.2, -0.15) is 0 Å². The summed E-state index contributed by atoms with van der Waals surface area (Å²) in [6, 6.07) is 0. The van der Waals surface area contributed by atoms with Crippen LogP contribution in [0.25, 0.3) is 0 Å². The quantitative estimate of drug-likeness (QED) is 0.444. The van der Waals surface area contributed by atoms with Crippen molar-refractivity contribution in [2.45, 2.75) is 6.92 Å². The zero-order chi connectivity index (χ0) is 8.27. The van der Waals surface area contributed by atoms with E-state index in [4.69, 9.17) is 5.41 Å². The molecule has 1 aliphatic rings. The Bertz CT molecular complexity index is 220. The van der Waals surface area contributed by atoms with Crippen LogP contribution >= 0.6 is 0 Å². The third-order valence-corrected chi connectivity index (χ3v) is 1.57. The highest BCUT2D eigenvalue weighted by atomic mass is 16.1. The van der Waals surface area contributed by atoms with Crippen LogP contribution in [0.15, 0.2) is 11.6 Å². The minimum Gasteiger partial charge on any atom is -0.361 e. The Hall–Kier alpha value is -1.32. The number of amidine groups is 1. The maximum atomic E-state index is 10.8. The maximum absolute atomic E-state index is 10.8. The summed E-state index contributed by atoms with van der Waals surface area (Å²) in [7, 11) is 0. The van der Waals surface area contributed by atoms with Crippen molar-refractivity contribution < 1.29 is 4.79 Å². The molecular weight excluding hydrogens is 142 g/mol. The molecule has 0 aliphatic carbocycles. The standard InChI is InChI=1S/C7H11N3O/c1-2-5-3-9-6(11)4-10-7(5)8/h2H,3-4H2,1H3,(H2,8,10)(H,9,11)/b5-2-. The molecule has 0 aromatic rings. The van der Waals surface area contributed by atoms with Gasteiger partial charge in [0.1, 0.15) is 5.84 Å². The van der Waals surface area contributed by atoms with Gasteiger partial charge >= 0.3 is 0 Å². The Labute approximate surface area is 65.2 Å². The number of allylic oxidation sites excluding steroid dienone is 1. The van der Waals surface area contributed by atoms with Gasteiger partial charge in [-0.3, -0.25) is 10.2 Å². The molecule has 0 atom stereocenters. The summed E-state index contributed by atoms with van der Waals surface area (Å²) >= 11 is 0. The molecule has 0 saturated carbocycles. The highest BCUT2D eigenvalue weighted by molar-refractivity contribution is 6.00. The van der Waals surface area contributed by atoms with E-state index in [0.717, 1.165) is 5.57 Å². The van der Waals surface area contributed by atoms with Gasteiger partial charge < -0.3 is 10.6 Å². The Morgan fingerprint density at radius 2 is 2.18 bits per heavy atom. The molecule has 1 heterocycles. The van der Waals surface area contributed by atoms with Crippen LogP contribution in [0.5, 0.6) is 0 Å². The number of amides is 1. The molecule has 11 heavy (non-hydrogen) atoms. The first-order valence-electron chi connectivity index (χ1n) is 3.48. The Morgan fingerprint density at radius 1 is 1.45 bits per heavy atom. The lowest BCUT2D eigenvalue weighted by molar-refractivity contribution is -0.119. The van der Waals surface area contributed by atoms with Gasteiger partial charge in [0.05, 0.1) is 6.54 Å². The van der Waals surface area contributed by atoms with Crippen LogP contribution in [0.4, 0.5) is 0 Å². The molecule has 0 spiro atoms. The van der Waals surface area contributed by atoms with Gasteiger partial charge in [-0.05, 0) is 6.92 Å². The van der Waals surface area contributed by atoms with Gasteiger partial charge in [0.15, 0.2) is 0 Å². The molecule has 0 radical (unpaired) electrons. The summed E-state index contributed by atoms with van der Waals surface area (Å²) in [5, 5.41) is 12.8. The molecule has 1 aliphatic heterocycles. The van der Waals surface area contributed by atoms with Gasteiger partial charge in [-0.25, -0.2) is 0 Å². The minimum absolute atomic E-state index is 0.0633. The van der Waals surface area contributed by atoms with E-state index in [0.29, 0.717) is 12.4 Å². The Kier molecular flexibility index (Phi) is 2.25. The largest absolute Gasteiger partial charge is 0.361 e. The number of hydrogen-bond acceptors (Lipinski definition) is 2. The van der Waals surface area contributed by atoms with Crippen LogP contribution in [0.1, 0.15) is 6.92 Å². The first kappa shape index (κ1) is 7.78. The molecule has 0 unspecified atom stereocenters. The summed E-state index contributed by atoms with van der Waals surface area (Å²) in [6.07, 6.45) is 1.82. The van der Waals surface area contributed by atoms with E-state index in [9.17, 15) is 4.79 Å². The number of rotatable bonds is 0. The molecule has 1 saturated heterocycles. The summed E-state index contributed by atoms with van der Waals surface area (Å²) in [5.41, 5.74) is 0.829. The van der Waals surface area contributed by atoms with Gasteiger partial charge in [0, 0.05) is 12.1 Å².